The van der Waals surface area contributed by atoms with Gasteiger partial charge in [-0.3, -0.25) is 0 Å². The average molecular weight is 297 g/mol. The van der Waals surface area contributed by atoms with Crippen molar-refractivity contribution in [2.45, 2.75) is 19.5 Å². The molecule has 2 rings (SSSR count). The Balaban J connectivity index is 2.34. The number of nitrogens with zero attached hydrogens (tertiary/aromatic N) is 2. The maximum atomic E-state index is 12.7. The lowest BCUT2D eigenvalue weighted by Crippen LogP contribution is -2.12. The van der Waals surface area contributed by atoms with Gasteiger partial charge in [0.25, 0.3) is 0 Å². The van der Waals surface area contributed by atoms with Gasteiger partial charge in [-0.15, -0.1) is 0 Å². The Kier molecular flexibility index (Phi) is 4.30. The topological polar surface area (TPSA) is 47.0 Å². The molecule has 0 unspecified atom stereocenters. The molecule has 0 fully saturated rings. The van der Waals surface area contributed by atoms with Crippen molar-refractivity contribution < 1.29 is 17.9 Å². The van der Waals surface area contributed by atoms with E-state index >= 15 is 0 Å². The Morgan fingerprint density at radius 3 is 2.57 bits per heavy atom. The lowest BCUT2D eigenvalue weighted by molar-refractivity contribution is -0.145. The van der Waals surface area contributed by atoms with Crippen molar-refractivity contribution in [1.82, 2.24) is 9.97 Å². The number of nitrogens with one attached hydrogen (secondary N) is 1. The number of anilines is 1. The molecule has 0 atom stereocenters. The molecular formula is C14H14F3N3O. The van der Waals surface area contributed by atoms with Gasteiger partial charge in [0.1, 0.15) is 11.6 Å². The van der Waals surface area contributed by atoms with Crippen LogP contribution in [0.25, 0.3) is 0 Å². The van der Waals surface area contributed by atoms with Gasteiger partial charge in [0, 0.05) is 13.1 Å². The van der Waals surface area contributed by atoms with Gasteiger partial charge >= 0.3 is 6.18 Å². The molecule has 21 heavy (non-hydrogen) atoms. The Bertz CT molecular complexity index is 629. The van der Waals surface area contributed by atoms with E-state index in [4.69, 9.17) is 4.74 Å². The fourth-order valence-corrected chi connectivity index (χ4v) is 1.68. The number of ether oxygens (including phenoxy) is 1. The van der Waals surface area contributed by atoms with Crippen molar-refractivity contribution in [3.63, 3.8) is 0 Å². The number of rotatable bonds is 4. The van der Waals surface area contributed by atoms with E-state index in [-0.39, 0.29) is 11.7 Å². The summed E-state index contributed by atoms with van der Waals surface area (Å²) in [5.41, 5.74) is 1.02. The second-order valence-corrected chi connectivity index (χ2v) is 4.27. The molecule has 2 aromatic rings. The van der Waals surface area contributed by atoms with E-state index < -0.39 is 12.0 Å². The zero-order chi connectivity index (χ0) is 15.5. The molecule has 0 aliphatic heterocycles. The highest BCUT2D eigenvalue weighted by atomic mass is 19.4. The van der Waals surface area contributed by atoms with Gasteiger partial charge in [0.15, 0.2) is 0 Å². The maximum absolute atomic E-state index is 12.7. The molecule has 0 saturated heterocycles. The van der Waals surface area contributed by atoms with Crippen molar-refractivity contribution in [2.75, 3.05) is 12.4 Å². The molecular weight excluding hydrogens is 283 g/mol. The van der Waals surface area contributed by atoms with Gasteiger partial charge < -0.3 is 10.1 Å². The Hall–Kier alpha value is -2.31. The molecule has 0 aliphatic rings. The van der Waals surface area contributed by atoms with E-state index in [0.29, 0.717) is 5.75 Å². The lowest BCUT2D eigenvalue weighted by atomic mass is 10.2. The Morgan fingerprint density at radius 2 is 1.95 bits per heavy atom. The maximum Gasteiger partial charge on any atom is 0.451 e. The van der Waals surface area contributed by atoms with Gasteiger partial charge in [-0.05, 0) is 24.1 Å². The van der Waals surface area contributed by atoms with Gasteiger partial charge in [-0.1, -0.05) is 19.1 Å². The Labute approximate surface area is 120 Å². The third kappa shape index (κ3) is 3.84. The van der Waals surface area contributed by atoms with Crippen LogP contribution in [0.1, 0.15) is 18.3 Å². The minimum atomic E-state index is -4.63. The highest BCUT2D eigenvalue weighted by Gasteiger charge is 2.35. The fraction of sp³-hybridized carbons (Fsp3) is 0.286. The molecule has 0 saturated carbocycles. The van der Waals surface area contributed by atoms with Crippen molar-refractivity contribution in [3.05, 3.63) is 41.7 Å². The van der Waals surface area contributed by atoms with E-state index in [1.807, 2.05) is 13.0 Å². The highest BCUT2D eigenvalue weighted by molar-refractivity contribution is 5.40. The van der Waals surface area contributed by atoms with Gasteiger partial charge in [0.05, 0.1) is 0 Å². The van der Waals surface area contributed by atoms with Crippen LogP contribution in [0.15, 0.2) is 30.3 Å². The fourth-order valence-electron chi connectivity index (χ4n) is 1.68. The summed E-state index contributed by atoms with van der Waals surface area (Å²) >= 11 is 0. The van der Waals surface area contributed by atoms with Gasteiger partial charge in [0.2, 0.25) is 11.7 Å². The molecule has 0 spiro atoms. The summed E-state index contributed by atoms with van der Waals surface area (Å²) in [6, 6.07) is 8.42. The van der Waals surface area contributed by atoms with Crippen molar-refractivity contribution in [2.24, 2.45) is 0 Å². The second kappa shape index (κ2) is 5.99. The van der Waals surface area contributed by atoms with Crippen molar-refractivity contribution in [1.29, 1.82) is 0 Å². The lowest BCUT2D eigenvalue weighted by Gasteiger charge is -2.11. The predicted molar refractivity (Wildman–Crippen MR) is 72.5 cm³/mol. The summed E-state index contributed by atoms with van der Waals surface area (Å²) in [4.78, 5) is 6.78. The van der Waals surface area contributed by atoms with Crippen LogP contribution >= 0.6 is 0 Å². The van der Waals surface area contributed by atoms with E-state index in [9.17, 15) is 13.2 Å². The van der Waals surface area contributed by atoms with Crippen LogP contribution in [0.5, 0.6) is 11.6 Å². The zero-order valence-electron chi connectivity index (χ0n) is 11.5. The van der Waals surface area contributed by atoms with Crippen LogP contribution in [-0.2, 0) is 12.6 Å². The monoisotopic (exact) mass is 297 g/mol. The second-order valence-electron chi connectivity index (χ2n) is 4.27. The van der Waals surface area contributed by atoms with Crippen LogP contribution in [-0.4, -0.2) is 17.0 Å². The van der Waals surface area contributed by atoms with Crippen LogP contribution in [0.4, 0.5) is 19.0 Å². The summed E-state index contributed by atoms with van der Waals surface area (Å²) in [5, 5.41) is 2.56. The number of halogens is 3. The first-order chi connectivity index (χ1) is 9.92. The smallest absolute Gasteiger partial charge is 0.439 e. The summed E-state index contributed by atoms with van der Waals surface area (Å²) in [5.74, 6) is -0.923. The minimum absolute atomic E-state index is 0.0407. The van der Waals surface area contributed by atoms with E-state index in [1.165, 1.54) is 13.1 Å². The quantitative estimate of drug-likeness (QED) is 0.930. The highest BCUT2D eigenvalue weighted by Crippen LogP contribution is 2.30. The van der Waals surface area contributed by atoms with E-state index in [2.05, 4.69) is 15.3 Å². The van der Waals surface area contributed by atoms with Crippen LogP contribution < -0.4 is 10.1 Å². The third-order valence-corrected chi connectivity index (χ3v) is 2.74. The number of hydrogen-bond donors (Lipinski definition) is 1. The van der Waals surface area contributed by atoms with Crippen molar-refractivity contribution >= 4 is 5.82 Å². The third-order valence-electron chi connectivity index (χ3n) is 2.74. The van der Waals surface area contributed by atoms with Crippen molar-refractivity contribution in [3.8, 4) is 11.6 Å². The molecule has 1 heterocycles. The molecule has 0 aliphatic carbocycles. The molecule has 0 amide bonds. The first-order valence-electron chi connectivity index (χ1n) is 6.33. The predicted octanol–water partition coefficient (Wildman–Crippen LogP) is 3.89. The molecule has 112 valence electrons. The number of alkyl halides is 3. The molecule has 0 radical (unpaired) electrons. The SMILES string of the molecule is CCc1cccc(Oc2cc(NC)nc(C(F)(F)F)n2)c1. The van der Waals surface area contributed by atoms with Gasteiger partial charge in [-0.25, -0.2) is 4.98 Å². The summed E-state index contributed by atoms with van der Waals surface area (Å²) in [6.07, 6.45) is -3.83. The Morgan fingerprint density at radius 1 is 1.19 bits per heavy atom. The minimum Gasteiger partial charge on any atom is -0.439 e. The zero-order valence-corrected chi connectivity index (χ0v) is 11.5. The first kappa shape index (κ1) is 15.1. The molecule has 1 aromatic carbocycles. The van der Waals surface area contributed by atoms with Crippen LogP contribution in [0, 0.1) is 0 Å². The average Bonchev–Trinajstić information content (AvgIpc) is 2.46. The van der Waals surface area contributed by atoms with Gasteiger partial charge in [-0.2, -0.15) is 18.2 Å². The molecule has 0 bridgehead atoms. The van der Waals surface area contributed by atoms with E-state index in [0.717, 1.165) is 12.0 Å². The van der Waals surface area contributed by atoms with Crippen LogP contribution in [0.2, 0.25) is 0 Å². The number of benzene rings is 1. The summed E-state index contributed by atoms with van der Waals surface area (Å²) in [7, 11) is 1.48. The molecule has 1 aromatic heterocycles. The number of hydrogen-bond acceptors (Lipinski definition) is 4. The first-order valence-corrected chi connectivity index (χ1v) is 6.33. The standard InChI is InChI=1S/C14H14F3N3O/c1-3-9-5-4-6-10(7-9)21-12-8-11(18-2)19-13(20-12)14(15,16)17/h4-8H,3H2,1-2H3,(H,18,19,20). The largest absolute Gasteiger partial charge is 0.451 e. The molecule has 7 heteroatoms. The summed E-state index contributed by atoms with van der Waals surface area (Å²) < 4.78 is 43.6. The van der Waals surface area contributed by atoms with E-state index in [1.54, 1.807) is 18.2 Å². The summed E-state index contributed by atoms with van der Waals surface area (Å²) in [6.45, 7) is 1.98. The normalized spacial score (nSPS) is 11.3. The molecule has 4 nitrogen and oxygen atoms in total. The number of aryl methyl sites for hydroxylation is 1. The van der Waals surface area contributed by atoms with Crippen LogP contribution in [0.3, 0.4) is 0 Å². The number of aromatic nitrogens is 2. The molecule has 1 N–H and O–H groups in total.